The SMILES string of the molecule is O=C(C[n+]1cccc(-c2cc(C(c3ccccc3)c3ccccc3)[nH]n2)c1)c1cccs1. The fourth-order valence-electron chi connectivity index (χ4n) is 3.93. The van der Waals surface area contributed by atoms with Gasteiger partial charge in [-0.1, -0.05) is 66.7 Å². The van der Waals surface area contributed by atoms with Crippen molar-refractivity contribution in [2.75, 3.05) is 0 Å². The van der Waals surface area contributed by atoms with E-state index in [1.54, 1.807) is 0 Å². The first kappa shape index (κ1) is 20.1. The van der Waals surface area contributed by atoms with Crippen molar-refractivity contribution in [3.63, 3.8) is 0 Å². The molecule has 0 unspecified atom stereocenters. The summed E-state index contributed by atoms with van der Waals surface area (Å²) in [5.74, 6) is 0.174. The van der Waals surface area contributed by atoms with Crippen molar-refractivity contribution in [3.05, 3.63) is 130 Å². The number of rotatable bonds is 7. The molecule has 0 radical (unpaired) electrons. The maximum Gasteiger partial charge on any atom is 0.237 e. The van der Waals surface area contributed by atoms with Crippen molar-refractivity contribution in [1.82, 2.24) is 10.2 Å². The van der Waals surface area contributed by atoms with Gasteiger partial charge in [-0.2, -0.15) is 9.67 Å². The second-order valence-corrected chi connectivity index (χ2v) is 8.58. The molecule has 3 aromatic heterocycles. The number of nitrogens with zero attached hydrogens (tertiary/aromatic N) is 2. The maximum atomic E-state index is 12.5. The molecule has 0 aliphatic rings. The first-order chi connectivity index (χ1) is 15.8. The van der Waals surface area contributed by atoms with Crippen LogP contribution >= 0.6 is 11.3 Å². The Balaban J connectivity index is 1.45. The fourth-order valence-corrected chi connectivity index (χ4v) is 4.58. The van der Waals surface area contributed by atoms with Gasteiger partial charge in [0.15, 0.2) is 12.4 Å². The zero-order chi connectivity index (χ0) is 21.8. The van der Waals surface area contributed by atoms with Gasteiger partial charge < -0.3 is 0 Å². The Morgan fingerprint density at radius 2 is 1.62 bits per heavy atom. The second-order valence-electron chi connectivity index (χ2n) is 7.63. The number of carbonyl (C=O) groups excluding carboxylic acids is 1. The van der Waals surface area contributed by atoms with Crippen LogP contribution in [0.4, 0.5) is 0 Å². The number of pyridine rings is 1. The molecule has 0 amide bonds. The van der Waals surface area contributed by atoms with Crippen LogP contribution in [0.15, 0.2) is 109 Å². The highest BCUT2D eigenvalue weighted by Crippen LogP contribution is 2.32. The number of carbonyl (C=O) groups is 1. The molecule has 5 aromatic rings. The zero-order valence-corrected chi connectivity index (χ0v) is 18.2. The Hall–Kier alpha value is -3.83. The third-order valence-electron chi connectivity index (χ3n) is 5.45. The highest BCUT2D eigenvalue weighted by atomic mass is 32.1. The summed E-state index contributed by atoms with van der Waals surface area (Å²) in [5, 5.41) is 9.79. The number of ketones is 1. The van der Waals surface area contributed by atoms with E-state index in [-0.39, 0.29) is 11.7 Å². The summed E-state index contributed by atoms with van der Waals surface area (Å²) in [7, 11) is 0. The molecule has 0 fully saturated rings. The molecule has 3 heterocycles. The van der Waals surface area contributed by atoms with Gasteiger partial charge in [0.1, 0.15) is 0 Å². The molecule has 0 spiro atoms. The van der Waals surface area contributed by atoms with Crippen LogP contribution in [0, 0.1) is 0 Å². The van der Waals surface area contributed by atoms with Gasteiger partial charge in [0.05, 0.1) is 22.1 Å². The third-order valence-corrected chi connectivity index (χ3v) is 6.36. The molecule has 1 N–H and O–H groups in total. The van der Waals surface area contributed by atoms with Crippen molar-refractivity contribution in [2.45, 2.75) is 12.5 Å². The van der Waals surface area contributed by atoms with E-state index in [0.717, 1.165) is 21.8 Å². The molecule has 0 saturated heterocycles. The Bertz CT molecular complexity index is 1270. The van der Waals surface area contributed by atoms with E-state index in [2.05, 4.69) is 64.8 Å². The van der Waals surface area contributed by atoms with Crippen molar-refractivity contribution in [2.24, 2.45) is 0 Å². The summed E-state index contributed by atoms with van der Waals surface area (Å²) >= 11 is 1.47. The molecular weight excluding hydrogens is 414 g/mol. The third kappa shape index (κ3) is 4.29. The lowest BCUT2D eigenvalue weighted by Gasteiger charge is -2.16. The van der Waals surface area contributed by atoms with Gasteiger partial charge in [-0.3, -0.25) is 9.89 Å². The van der Waals surface area contributed by atoms with Crippen molar-refractivity contribution < 1.29 is 9.36 Å². The molecule has 5 rings (SSSR count). The van der Waals surface area contributed by atoms with Gasteiger partial charge in [-0.25, -0.2) is 0 Å². The molecule has 0 bridgehead atoms. The minimum absolute atomic E-state index is 0.0647. The minimum atomic E-state index is 0.0647. The number of aromatic nitrogens is 3. The summed E-state index contributed by atoms with van der Waals surface area (Å²) in [4.78, 5) is 13.3. The van der Waals surface area contributed by atoms with E-state index >= 15 is 0 Å². The molecule has 0 aliphatic carbocycles. The van der Waals surface area contributed by atoms with Gasteiger partial charge in [0.2, 0.25) is 12.3 Å². The summed E-state index contributed by atoms with van der Waals surface area (Å²) in [6.07, 6.45) is 3.89. The largest absolute Gasteiger partial charge is 0.286 e. The van der Waals surface area contributed by atoms with E-state index in [1.165, 1.54) is 22.5 Å². The number of H-pyrrole nitrogens is 1. The highest BCUT2D eigenvalue weighted by Gasteiger charge is 2.20. The van der Waals surface area contributed by atoms with Gasteiger partial charge in [0, 0.05) is 11.8 Å². The van der Waals surface area contributed by atoms with Gasteiger partial charge in [-0.05, 0) is 34.7 Å². The first-order valence-corrected chi connectivity index (χ1v) is 11.4. The predicted molar refractivity (Wildman–Crippen MR) is 127 cm³/mol. The molecule has 0 aliphatic heterocycles. The van der Waals surface area contributed by atoms with Gasteiger partial charge in [0.25, 0.3) is 0 Å². The van der Waals surface area contributed by atoms with Gasteiger partial charge in [-0.15, -0.1) is 11.3 Å². The van der Waals surface area contributed by atoms with Crippen molar-refractivity contribution in [1.29, 1.82) is 0 Å². The van der Waals surface area contributed by atoms with Gasteiger partial charge >= 0.3 is 0 Å². The van der Waals surface area contributed by atoms with Crippen molar-refractivity contribution >= 4 is 17.1 Å². The number of thiophene rings is 1. The lowest BCUT2D eigenvalue weighted by atomic mass is 9.88. The Kier molecular flexibility index (Phi) is 5.73. The van der Waals surface area contributed by atoms with Crippen LogP contribution in [0.25, 0.3) is 11.3 Å². The summed E-state index contributed by atoms with van der Waals surface area (Å²) < 4.78 is 1.91. The summed E-state index contributed by atoms with van der Waals surface area (Å²) in [6.45, 7) is 0.308. The average molecular weight is 437 g/mol. The number of benzene rings is 2. The predicted octanol–water partition coefficient (Wildman–Crippen LogP) is 5.49. The number of Topliss-reactive ketones (excluding diaryl/α,β-unsaturated/α-hetero) is 1. The lowest BCUT2D eigenvalue weighted by Crippen LogP contribution is -2.37. The summed E-state index contributed by atoms with van der Waals surface area (Å²) in [5.41, 5.74) is 5.27. The molecule has 32 heavy (non-hydrogen) atoms. The Morgan fingerprint density at radius 1 is 0.906 bits per heavy atom. The monoisotopic (exact) mass is 436 g/mol. The van der Waals surface area contributed by atoms with E-state index in [4.69, 9.17) is 0 Å². The van der Waals surface area contributed by atoms with E-state index in [9.17, 15) is 4.79 Å². The van der Waals surface area contributed by atoms with Crippen LogP contribution in [0.5, 0.6) is 0 Å². The Labute approximate surface area is 190 Å². The first-order valence-electron chi connectivity index (χ1n) is 10.5. The smallest absolute Gasteiger partial charge is 0.237 e. The lowest BCUT2D eigenvalue weighted by molar-refractivity contribution is -0.682. The topological polar surface area (TPSA) is 49.6 Å². The number of nitrogens with one attached hydrogen (secondary N) is 1. The van der Waals surface area contributed by atoms with Crippen LogP contribution in [-0.2, 0) is 6.54 Å². The summed E-state index contributed by atoms with van der Waals surface area (Å²) in [6, 6.07) is 30.7. The van der Waals surface area contributed by atoms with Crippen LogP contribution in [0.2, 0.25) is 0 Å². The molecule has 5 heteroatoms. The quantitative estimate of drug-likeness (QED) is 0.271. The average Bonchev–Trinajstić information content (AvgIpc) is 3.54. The normalized spacial score (nSPS) is 11.0. The molecular formula is C27H22N3OS+. The molecule has 0 atom stereocenters. The van der Waals surface area contributed by atoms with Crippen LogP contribution in [0.3, 0.4) is 0 Å². The number of aromatic amines is 1. The second kappa shape index (κ2) is 9.12. The zero-order valence-electron chi connectivity index (χ0n) is 17.4. The maximum absolute atomic E-state index is 12.5. The number of hydrogen-bond acceptors (Lipinski definition) is 3. The van der Waals surface area contributed by atoms with E-state index in [0.29, 0.717) is 6.54 Å². The van der Waals surface area contributed by atoms with E-state index < -0.39 is 0 Å². The minimum Gasteiger partial charge on any atom is -0.286 e. The Morgan fingerprint density at radius 3 is 2.28 bits per heavy atom. The van der Waals surface area contributed by atoms with Crippen LogP contribution in [0.1, 0.15) is 32.4 Å². The van der Waals surface area contributed by atoms with E-state index in [1.807, 2.05) is 58.7 Å². The highest BCUT2D eigenvalue weighted by molar-refractivity contribution is 7.12. The molecule has 156 valence electrons. The molecule has 2 aromatic carbocycles. The molecule has 0 saturated carbocycles. The number of hydrogen-bond donors (Lipinski definition) is 1. The van der Waals surface area contributed by atoms with Crippen LogP contribution in [-0.4, -0.2) is 16.0 Å². The fraction of sp³-hybridized carbons (Fsp3) is 0.0741. The van der Waals surface area contributed by atoms with Crippen LogP contribution < -0.4 is 4.57 Å². The molecule has 4 nitrogen and oxygen atoms in total. The van der Waals surface area contributed by atoms with Crippen molar-refractivity contribution in [3.8, 4) is 11.3 Å². The standard InChI is InChI=1S/C27H22N3OS/c31-25(26-14-8-16-32-26)19-30-15-7-13-22(18-30)23-17-24(29-28-23)27(20-9-3-1-4-10-20)21-11-5-2-6-12-21/h1-18,27H,19H2,(H,28,29)/q+1.